The highest BCUT2D eigenvalue weighted by atomic mass is 28.2. The Kier molecular flexibility index (Phi) is 6.28. The minimum atomic E-state index is -0.311. The maximum Gasteiger partial charge on any atom is 0.162 e. The summed E-state index contributed by atoms with van der Waals surface area (Å²) in [5, 5.41) is 0. The smallest absolute Gasteiger partial charge is 0.162 e. The zero-order chi connectivity index (χ0) is 11.9. The fourth-order valence-electron chi connectivity index (χ4n) is 1.95. The topological polar surface area (TPSA) is 21.6 Å². The van der Waals surface area contributed by atoms with Gasteiger partial charge < -0.3 is 4.43 Å². The monoisotopic (exact) mass is 241 g/mol. The Balaban J connectivity index is 1.99. The van der Waals surface area contributed by atoms with Gasteiger partial charge in [-0.05, 0) is 58.9 Å². The molecule has 2 nitrogen and oxygen atoms in total. The van der Waals surface area contributed by atoms with Crippen molar-refractivity contribution in [1.29, 1.82) is 0 Å². The molecule has 0 aromatic carbocycles. The van der Waals surface area contributed by atoms with E-state index in [0.29, 0.717) is 0 Å². The first-order valence-corrected chi connectivity index (χ1v) is 8.32. The van der Waals surface area contributed by atoms with Crippen molar-refractivity contribution in [1.82, 2.24) is 0 Å². The van der Waals surface area contributed by atoms with Gasteiger partial charge in [-0.25, -0.2) is 0 Å². The van der Waals surface area contributed by atoms with Crippen molar-refractivity contribution in [3.63, 3.8) is 0 Å². The maximum absolute atomic E-state index is 5.81. The summed E-state index contributed by atoms with van der Waals surface area (Å²) in [6.07, 6.45) is 7.88. The summed E-state index contributed by atoms with van der Waals surface area (Å²) >= 11 is 0. The molecule has 16 heavy (non-hydrogen) atoms. The van der Waals surface area contributed by atoms with E-state index in [4.69, 9.17) is 9.42 Å². The Hall–Kier alpha value is -0.153. The molecule has 3 heteroatoms. The summed E-state index contributed by atoms with van der Waals surface area (Å²) in [6, 6.07) is 1.27. The second-order valence-electron chi connectivity index (χ2n) is 5.68. The predicted molar refractivity (Wildman–Crippen MR) is 74.2 cm³/mol. The highest BCUT2D eigenvalue weighted by Gasteiger charge is 2.09. The largest absolute Gasteiger partial charge is 0.419 e. The Morgan fingerprint density at radius 3 is 2.50 bits per heavy atom. The van der Waals surface area contributed by atoms with E-state index >= 15 is 0 Å². The zero-order valence-electron chi connectivity index (χ0n) is 11.2. The molecule has 0 N–H and O–H groups in total. The summed E-state index contributed by atoms with van der Waals surface area (Å²) in [5.74, 6) is 0. The van der Waals surface area contributed by atoms with Crippen molar-refractivity contribution < 1.29 is 4.43 Å². The summed E-state index contributed by atoms with van der Waals surface area (Å²) < 4.78 is 5.81. The molecule has 94 valence electrons. The normalized spacial score (nSPS) is 18.3. The number of aliphatic imine (C=N–C) groups is 1. The Morgan fingerprint density at radius 1 is 1.19 bits per heavy atom. The molecule has 1 rings (SSSR count). The molecule has 0 bridgehead atoms. The van der Waals surface area contributed by atoms with Gasteiger partial charge in [0.15, 0.2) is 9.76 Å². The third-order valence-electron chi connectivity index (χ3n) is 2.85. The molecule has 0 atom stereocenters. The van der Waals surface area contributed by atoms with Crippen molar-refractivity contribution in [2.45, 2.75) is 70.9 Å². The third-order valence-corrected chi connectivity index (χ3v) is 4.71. The minimum Gasteiger partial charge on any atom is -0.419 e. The molecule has 0 amide bonds. The molecule has 1 fully saturated rings. The van der Waals surface area contributed by atoms with Gasteiger partial charge in [0.05, 0.1) is 0 Å². The van der Waals surface area contributed by atoms with Gasteiger partial charge in [0.1, 0.15) is 0 Å². The van der Waals surface area contributed by atoms with Crippen LogP contribution in [0.1, 0.15) is 59.3 Å². The molecular formula is C13H27NOSi. The number of hydrogen-bond acceptors (Lipinski definition) is 2. The van der Waals surface area contributed by atoms with E-state index in [1.165, 1.54) is 50.3 Å². The molecule has 1 aliphatic carbocycles. The Morgan fingerprint density at radius 2 is 1.88 bits per heavy atom. The van der Waals surface area contributed by atoms with E-state index in [0.717, 1.165) is 6.54 Å². The average molecular weight is 241 g/mol. The van der Waals surface area contributed by atoms with E-state index in [2.05, 4.69) is 20.8 Å². The molecular weight excluding hydrogens is 214 g/mol. The summed E-state index contributed by atoms with van der Waals surface area (Å²) in [4.78, 5) is 4.70. The van der Waals surface area contributed by atoms with Crippen LogP contribution in [0.15, 0.2) is 4.99 Å². The molecule has 0 saturated heterocycles. The quantitative estimate of drug-likeness (QED) is 0.535. The highest BCUT2D eigenvalue weighted by Crippen LogP contribution is 2.15. The van der Waals surface area contributed by atoms with Crippen molar-refractivity contribution >= 4 is 15.5 Å². The lowest BCUT2D eigenvalue weighted by Gasteiger charge is -2.19. The second kappa shape index (κ2) is 7.23. The van der Waals surface area contributed by atoms with Crippen LogP contribution < -0.4 is 0 Å². The van der Waals surface area contributed by atoms with Gasteiger partial charge in [0.2, 0.25) is 0 Å². The lowest BCUT2D eigenvalue weighted by atomic mass is 9.98. The Labute approximate surface area is 103 Å². The van der Waals surface area contributed by atoms with Crippen molar-refractivity contribution in [2.75, 3.05) is 6.54 Å². The van der Waals surface area contributed by atoms with Crippen LogP contribution in [-0.2, 0) is 4.43 Å². The van der Waals surface area contributed by atoms with Gasteiger partial charge in [-0.1, -0.05) is 6.42 Å². The molecule has 0 aliphatic heterocycles. The average Bonchev–Trinajstić information content (AvgIpc) is 2.23. The first kappa shape index (κ1) is 13.9. The standard InChI is InChI=1S/C13H27NOSi/c1-13(2,3)15-16-11-7-10-14-12-8-5-4-6-9-12/h4-11,16H2,1-3H3. The van der Waals surface area contributed by atoms with Gasteiger partial charge in [-0.2, -0.15) is 0 Å². The lowest BCUT2D eigenvalue weighted by Crippen LogP contribution is -2.21. The number of nitrogens with zero attached hydrogens (tertiary/aromatic N) is 1. The van der Waals surface area contributed by atoms with Gasteiger partial charge in [0, 0.05) is 17.9 Å². The number of hydrogen-bond donors (Lipinski definition) is 0. The molecule has 0 unspecified atom stereocenters. The SMILES string of the molecule is CC(C)(C)O[SiH2]CCCN=C1CCCCC1. The molecule has 1 aliphatic rings. The van der Waals surface area contributed by atoms with Crippen molar-refractivity contribution in [3.8, 4) is 0 Å². The summed E-state index contributed by atoms with van der Waals surface area (Å²) in [6.45, 7) is 7.46. The summed E-state index contributed by atoms with van der Waals surface area (Å²) in [7, 11) is -0.311. The van der Waals surface area contributed by atoms with Crippen molar-refractivity contribution in [2.24, 2.45) is 4.99 Å². The van der Waals surface area contributed by atoms with Crippen LogP contribution in [0.2, 0.25) is 6.04 Å². The second-order valence-corrected chi connectivity index (χ2v) is 7.08. The van der Waals surface area contributed by atoms with E-state index in [1.54, 1.807) is 0 Å². The fraction of sp³-hybridized carbons (Fsp3) is 0.923. The van der Waals surface area contributed by atoms with Crippen LogP contribution in [0.5, 0.6) is 0 Å². The first-order valence-electron chi connectivity index (χ1n) is 6.74. The lowest BCUT2D eigenvalue weighted by molar-refractivity contribution is 0.138. The van der Waals surface area contributed by atoms with Gasteiger partial charge in [-0.15, -0.1) is 0 Å². The third kappa shape index (κ3) is 7.18. The van der Waals surface area contributed by atoms with Crippen LogP contribution in [0.3, 0.4) is 0 Å². The van der Waals surface area contributed by atoms with Gasteiger partial charge in [-0.3, -0.25) is 4.99 Å². The molecule has 1 saturated carbocycles. The first-order chi connectivity index (χ1) is 7.58. The summed E-state index contributed by atoms with van der Waals surface area (Å²) in [5.41, 5.74) is 1.55. The highest BCUT2D eigenvalue weighted by molar-refractivity contribution is 6.27. The molecule has 0 heterocycles. The van der Waals surface area contributed by atoms with Crippen LogP contribution in [0, 0.1) is 0 Å². The Bertz CT molecular complexity index is 212. The maximum atomic E-state index is 5.81. The fourth-order valence-corrected chi connectivity index (χ4v) is 3.13. The van der Waals surface area contributed by atoms with Crippen LogP contribution in [0.4, 0.5) is 0 Å². The molecule has 0 aromatic heterocycles. The van der Waals surface area contributed by atoms with Crippen LogP contribution in [-0.4, -0.2) is 27.6 Å². The number of rotatable bonds is 5. The molecule has 0 spiro atoms. The van der Waals surface area contributed by atoms with E-state index in [-0.39, 0.29) is 15.4 Å². The zero-order valence-corrected chi connectivity index (χ0v) is 12.6. The predicted octanol–water partition coefficient (Wildman–Crippen LogP) is 3.10. The minimum absolute atomic E-state index is 0.0709. The molecule has 0 radical (unpaired) electrons. The van der Waals surface area contributed by atoms with E-state index < -0.39 is 0 Å². The van der Waals surface area contributed by atoms with E-state index in [9.17, 15) is 0 Å². The van der Waals surface area contributed by atoms with Crippen molar-refractivity contribution in [3.05, 3.63) is 0 Å². The van der Waals surface area contributed by atoms with E-state index in [1.807, 2.05) is 0 Å². The molecule has 0 aromatic rings. The van der Waals surface area contributed by atoms with Crippen LogP contribution in [0.25, 0.3) is 0 Å². The van der Waals surface area contributed by atoms with Gasteiger partial charge >= 0.3 is 0 Å². The van der Waals surface area contributed by atoms with Gasteiger partial charge in [0.25, 0.3) is 0 Å². The van der Waals surface area contributed by atoms with Crippen LogP contribution >= 0.6 is 0 Å².